The lowest BCUT2D eigenvalue weighted by Gasteiger charge is -2.39. The van der Waals surface area contributed by atoms with Crippen LogP contribution in [0.1, 0.15) is 134 Å². The van der Waals surface area contributed by atoms with Gasteiger partial charge in [0.2, 0.25) is 17.7 Å². The van der Waals surface area contributed by atoms with Crippen LogP contribution in [0.15, 0.2) is 29.6 Å². The van der Waals surface area contributed by atoms with Crippen molar-refractivity contribution in [1.29, 1.82) is 0 Å². The number of phenols is 1. The normalized spacial score (nSPS) is 16.7. The van der Waals surface area contributed by atoms with Crippen molar-refractivity contribution in [2.75, 3.05) is 38.4 Å². The highest BCUT2D eigenvalue weighted by Crippen LogP contribution is 2.32. The minimum absolute atomic E-state index is 0.000918. The molecule has 1 fully saturated rings. The molecule has 2 heterocycles. The summed E-state index contributed by atoms with van der Waals surface area (Å²) >= 11 is 1.07. The standard InChI is InChI=1S/C49H75N7O13S3/c1-10-14-41(59)68-28-56(47(63)42(30(5)11-2)52-45(62)38-15-12-13-20-55(38)9)39(29(3)4)25-40(69-33(8)57)46-51-37(27-70-46)44(61)50-35(24-34-16-18-36(58)19-17-34)23-31(6)43(60)53-54-49(66)67-21-22-71-72-26-32(7)48(64)65/h16-19,27,29-32,35,38-40,42,58H,10-15,20-26,28H2,1-9H3,(H,50,61)(H,52,62)(H,53,60)(H,54,66)(H,64,65)/t30-,31+,32+,35-,38-,39-,40-,42+/m1/s1. The summed E-state index contributed by atoms with van der Waals surface area (Å²) in [6, 6.07) is 3.62. The van der Waals surface area contributed by atoms with Crippen molar-refractivity contribution in [3.63, 3.8) is 0 Å². The number of carbonyl (C=O) groups excluding carboxylic acids is 7. The molecule has 1 saturated heterocycles. The van der Waals surface area contributed by atoms with Crippen molar-refractivity contribution < 1.29 is 62.8 Å². The second-order valence-corrected chi connectivity index (χ2v) is 22.1. The first-order valence-corrected chi connectivity index (χ1v) is 27.9. The number of likely N-dealkylation sites (N-methyl/N-ethyl adjacent to an activating group) is 1. The van der Waals surface area contributed by atoms with Crippen LogP contribution in [0.25, 0.3) is 0 Å². The fraction of sp³-hybridized carbons (Fsp3) is 0.653. The van der Waals surface area contributed by atoms with Crippen molar-refractivity contribution in [3.05, 3.63) is 45.9 Å². The molecule has 1 aromatic heterocycles. The summed E-state index contributed by atoms with van der Waals surface area (Å²) in [7, 11) is 4.59. The maximum Gasteiger partial charge on any atom is 0.426 e. The molecule has 0 spiro atoms. The van der Waals surface area contributed by atoms with E-state index in [1.165, 1.54) is 50.9 Å². The first kappa shape index (κ1) is 61.2. The van der Waals surface area contributed by atoms with E-state index in [1.807, 2.05) is 46.6 Å². The van der Waals surface area contributed by atoms with Crippen molar-refractivity contribution in [3.8, 4) is 5.75 Å². The van der Waals surface area contributed by atoms with Crippen LogP contribution in [0.3, 0.4) is 0 Å². The number of amides is 5. The third-order valence-electron chi connectivity index (χ3n) is 12.3. The topological polar surface area (TPSA) is 272 Å². The number of benzene rings is 1. The van der Waals surface area contributed by atoms with Crippen LogP contribution >= 0.6 is 32.9 Å². The van der Waals surface area contributed by atoms with Gasteiger partial charge in [0.05, 0.1) is 12.0 Å². The predicted molar refractivity (Wildman–Crippen MR) is 275 cm³/mol. The predicted octanol–water partition coefficient (Wildman–Crippen LogP) is 6.24. The van der Waals surface area contributed by atoms with Gasteiger partial charge >= 0.3 is 24.0 Å². The number of phenolic OH excluding ortho intramolecular Hbond substituents is 1. The van der Waals surface area contributed by atoms with Gasteiger partial charge in [-0.3, -0.25) is 43.9 Å². The Hall–Kier alpha value is -5.13. The zero-order valence-corrected chi connectivity index (χ0v) is 45.4. The molecular weight excluding hydrogens is 991 g/mol. The van der Waals surface area contributed by atoms with Gasteiger partial charge in [0.25, 0.3) is 5.91 Å². The second kappa shape index (κ2) is 31.5. The van der Waals surface area contributed by atoms with Gasteiger partial charge in [0, 0.05) is 54.7 Å². The highest BCUT2D eigenvalue weighted by molar-refractivity contribution is 8.76. The summed E-state index contributed by atoms with van der Waals surface area (Å²) in [5.74, 6) is -4.94. The van der Waals surface area contributed by atoms with Gasteiger partial charge in [-0.1, -0.05) is 95.0 Å². The second-order valence-electron chi connectivity index (χ2n) is 18.6. The summed E-state index contributed by atoms with van der Waals surface area (Å²) in [5, 5.41) is 26.7. The van der Waals surface area contributed by atoms with E-state index in [0.29, 0.717) is 30.8 Å². The summed E-state index contributed by atoms with van der Waals surface area (Å²) < 4.78 is 16.6. The third-order valence-corrected chi connectivity index (χ3v) is 15.7. The van der Waals surface area contributed by atoms with E-state index in [9.17, 15) is 43.5 Å². The Kier molecular flexibility index (Phi) is 26.7. The number of aliphatic carboxylic acids is 1. The number of nitrogens with one attached hydrogen (secondary N) is 4. The number of carboxylic acid groups (broad SMARTS) is 1. The number of esters is 2. The Morgan fingerprint density at radius 2 is 1.64 bits per heavy atom. The molecule has 3 rings (SSSR count). The zero-order chi connectivity index (χ0) is 53.5. The van der Waals surface area contributed by atoms with E-state index in [1.54, 1.807) is 26.0 Å². The Morgan fingerprint density at radius 3 is 2.26 bits per heavy atom. The molecule has 0 bridgehead atoms. The van der Waals surface area contributed by atoms with Crippen LogP contribution in [-0.2, 0) is 49.4 Å². The highest BCUT2D eigenvalue weighted by atomic mass is 33.1. The molecule has 2 aromatic rings. The Morgan fingerprint density at radius 1 is 0.931 bits per heavy atom. The Bertz CT molecular complexity index is 2100. The van der Waals surface area contributed by atoms with E-state index >= 15 is 0 Å². The van der Waals surface area contributed by atoms with Crippen LogP contribution in [0, 0.1) is 23.7 Å². The monoisotopic (exact) mass is 1070 g/mol. The summed E-state index contributed by atoms with van der Waals surface area (Å²) in [5.41, 5.74) is 5.29. The minimum Gasteiger partial charge on any atom is -0.508 e. The number of hydrogen-bond acceptors (Lipinski definition) is 17. The molecule has 0 saturated carbocycles. The van der Waals surface area contributed by atoms with Crippen LogP contribution in [0.2, 0.25) is 0 Å². The van der Waals surface area contributed by atoms with Crippen molar-refractivity contribution in [2.24, 2.45) is 23.7 Å². The van der Waals surface area contributed by atoms with E-state index in [4.69, 9.17) is 19.3 Å². The van der Waals surface area contributed by atoms with Crippen LogP contribution < -0.4 is 21.5 Å². The van der Waals surface area contributed by atoms with Crippen LogP contribution in [0.5, 0.6) is 5.75 Å². The first-order chi connectivity index (χ1) is 34.1. The Balaban J connectivity index is 1.83. The van der Waals surface area contributed by atoms with Crippen LogP contribution in [0.4, 0.5) is 4.79 Å². The van der Waals surface area contributed by atoms with Gasteiger partial charge in [-0.15, -0.1) is 11.3 Å². The average molecular weight is 1070 g/mol. The van der Waals surface area contributed by atoms with E-state index in [0.717, 1.165) is 36.3 Å². The van der Waals surface area contributed by atoms with Gasteiger partial charge in [-0.25, -0.2) is 15.2 Å². The molecule has 1 aromatic carbocycles. The average Bonchev–Trinajstić information content (AvgIpc) is 3.84. The SMILES string of the molecule is CCCC(=O)OCN(C(=O)[C@@H](NC(=O)[C@H]1CCCCN1C)[C@H](C)CC)[C@H](C[C@@H](OC(C)=O)c1nc(C(=O)N[C@@H](Cc2ccc(O)cc2)C[C@H](C)C(=O)NNC(=O)OCCSSC[C@H](C)C(=O)O)cs1)C(C)C. The number of carbonyl (C=O) groups is 8. The third kappa shape index (κ3) is 20.8. The molecule has 1 aliphatic rings. The number of carboxylic acids is 1. The molecule has 23 heteroatoms. The summed E-state index contributed by atoms with van der Waals surface area (Å²) in [6.07, 6.45) is 2.12. The van der Waals surface area contributed by atoms with E-state index < -0.39 is 90.6 Å². The molecule has 0 radical (unpaired) electrons. The molecule has 20 nitrogen and oxygen atoms in total. The lowest BCUT2D eigenvalue weighted by Crippen LogP contribution is -2.59. The van der Waals surface area contributed by atoms with Crippen molar-refractivity contribution >= 4 is 80.6 Å². The highest BCUT2D eigenvalue weighted by Gasteiger charge is 2.39. The molecule has 402 valence electrons. The number of aromatic nitrogens is 1. The molecule has 0 unspecified atom stereocenters. The van der Waals surface area contributed by atoms with Gasteiger partial charge in [0.1, 0.15) is 29.1 Å². The molecule has 1 aliphatic heterocycles. The lowest BCUT2D eigenvalue weighted by molar-refractivity contribution is -0.160. The van der Waals surface area contributed by atoms with Gasteiger partial charge in [0.15, 0.2) is 12.8 Å². The molecule has 6 N–H and O–H groups in total. The number of hydrogen-bond donors (Lipinski definition) is 6. The van der Waals surface area contributed by atoms with Gasteiger partial charge in [-0.05, 0) is 75.2 Å². The maximum absolute atomic E-state index is 14.9. The molecular formula is C49H75N7O13S3. The largest absolute Gasteiger partial charge is 0.508 e. The minimum atomic E-state index is -1.06. The molecule has 8 atom stereocenters. The number of ether oxygens (including phenoxy) is 3. The zero-order valence-electron chi connectivity index (χ0n) is 42.9. The number of thiazole rings is 1. The first-order valence-electron chi connectivity index (χ1n) is 24.5. The molecule has 72 heavy (non-hydrogen) atoms. The molecule has 0 aliphatic carbocycles. The Labute approximate surface area is 434 Å². The number of nitrogens with zero attached hydrogens (tertiary/aromatic N) is 3. The van der Waals surface area contributed by atoms with Gasteiger partial charge < -0.3 is 40.0 Å². The molecule has 5 amide bonds. The summed E-state index contributed by atoms with van der Waals surface area (Å²) in [4.78, 5) is 113. The fourth-order valence-corrected chi connectivity index (χ4v) is 10.8. The van der Waals surface area contributed by atoms with Gasteiger partial charge in [-0.2, -0.15) is 0 Å². The number of hydrazine groups is 1. The van der Waals surface area contributed by atoms with E-state index in [2.05, 4.69) is 26.5 Å². The van der Waals surface area contributed by atoms with Crippen molar-refractivity contribution in [1.82, 2.24) is 36.3 Å². The lowest BCUT2D eigenvalue weighted by atomic mass is 9.92. The quantitative estimate of drug-likeness (QED) is 0.0131. The number of likely N-dealkylation sites (tertiary alicyclic amines) is 1. The number of aromatic hydroxyl groups is 1. The van der Waals surface area contributed by atoms with Crippen LogP contribution in [-0.4, -0.2) is 135 Å². The summed E-state index contributed by atoms with van der Waals surface area (Å²) in [6.45, 7) is 14.2. The van der Waals surface area contributed by atoms with Crippen molar-refractivity contribution in [2.45, 2.75) is 143 Å². The smallest absolute Gasteiger partial charge is 0.426 e. The maximum atomic E-state index is 14.9. The number of rotatable bonds is 29. The van der Waals surface area contributed by atoms with E-state index in [-0.39, 0.29) is 66.5 Å². The fourth-order valence-electron chi connectivity index (χ4n) is 7.80. The number of piperidine rings is 1.